The molecule has 1 heterocycles. The average molecular weight is 212 g/mol. The van der Waals surface area contributed by atoms with Gasteiger partial charge in [-0.15, -0.1) is 0 Å². The minimum atomic E-state index is -0.0357. The van der Waals surface area contributed by atoms with E-state index in [0.717, 1.165) is 0 Å². The monoisotopic (exact) mass is 212 g/mol. The molecule has 0 aliphatic carbocycles. The number of hydrogen-bond donors (Lipinski definition) is 2. The van der Waals surface area contributed by atoms with E-state index in [9.17, 15) is 4.79 Å². The van der Waals surface area contributed by atoms with Gasteiger partial charge in [0.05, 0.1) is 6.54 Å². The van der Waals surface area contributed by atoms with E-state index >= 15 is 0 Å². The molecule has 2 N–H and O–H groups in total. The molecule has 84 valence electrons. The quantitative estimate of drug-likeness (QED) is 0.669. The molecule has 15 heavy (non-hydrogen) atoms. The van der Waals surface area contributed by atoms with Crippen molar-refractivity contribution in [3.8, 4) is 0 Å². The van der Waals surface area contributed by atoms with Crippen molar-refractivity contribution >= 4 is 5.91 Å². The lowest BCUT2D eigenvalue weighted by molar-refractivity contribution is -0.122. The van der Waals surface area contributed by atoms with Gasteiger partial charge in [-0.2, -0.15) is 5.10 Å². The first-order chi connectivity index (χ1) is 7.22. The van der Waals surface area contributed by atoms with Gasteiger partial charge >= 0.3 is 0 Å². The fourth-order valence-electron chi connectivity index (χ4n) is 1.18. The van der Waals surface area contributed by atoms with Crippen LogP contribution >= 0.6 is 0 Å². The molecule has 0 bridgehead atoms. The third-order valence-corrected chi connectivity index (χ3v) is 2.00. The molecule has 6 nitrogen and oxygen atoms in total. The van der Waals surface area contributed by atoms with Crippen LogP contribution in [0.2, 0.25) is 0 Å². The van der Waals surface area contributed by atoms with Crippen LogP contribution < -0.4 is 5.32 Å². The van der Waals surface area contributed by atoms with Gasteiger partial charge in [0.15, 0.2) is 0 Å². The number of aromatic nitrogens is 3. The van der Waals surface area contributed by atoms with Crippen LogP contribution in [0.15, 0.2) is 12.7 Å². The van der Waals surface area contributed by atoms with Crippen molar-refractivity contribution in [2.45, 2.75) is 32.4 Å². The Morgan fingerprint density at radius 3 is 3.07 bits per heavy atom. The molecule has 0 aromatic carbocycles. The van der Waals surface area contributed by atoms with E-state index < -0.39 is 0 Å². The molecule has 1 amide bonds. The highest BCUT2D eigenvalue weighted by Crippen LogP contribution is 1.92. The number of hydrogen-bond acceptors (Lipinski definition) is 4. The minimum absolute atomic E-state index is 0.0123. The first kappa shape index (κ1) is 11.6. The summed E-state index contributed by atoms with van der Waals surface area (Å²) < 4.78 is 1.61. The Labute approximate surface area is 88.3 Å². The number of amides is 1. The molecule has 0 aliphatic rings. The number of nitrogens with zero attached hydrogens (tertiary/aromatic N) is 3. The van der Waals surface area contributed by atoms with Crippen molar-refractivity contribution in [2.75, 3.05) is 6.61 Å². The maximum Gasteiger partial charge on any atom is 0.222 e. The summed E-state index contributed by atoms with van der Waals surface area (Å²) in [6.07, 6.45) is 3.96. The van der Waals surface area contributed by atoms with Crippen LogP contribution in [-0.4, -0.2) is 38.4 Å². The zero-order valence-corrected chi connectivity index (χ0v) is 8.76. The lowest BCUT2D eigenvalue weighted by Gasteiger charge is -2.11. The van der Waals surface area contributed by atoms with Gasteiger partial charge in [0, 0.05) is 19.1 Å². The van der Waals surface area contributed by atoms with Crippen LogP contribution in [0.4, 0.5) is 0 Å². The number of carbonyl (C=O) groups is 1. The third kappa shape index (κ3) is 4.55. The Morgan fingerprint density at radius 2 is 2.47 bits per heavy atom. The molecular weight excluding hydrogens is 196 g/mol. The lowest BCUT2D eigenvalue weighted by Crippen LogP contribution is -2.33. The van der Waals surface area contributed by atoms with Crippen molar-refractivity contribution in [1.29, 1.82) is 0 Å². The van der Waals surface area contributed by atoms with Gasteiger partial charge in [0.2, 0.25) is 5.91 Å². The zero-order chi connectivity index (χ0) is 11.1. The van der Waals surface area contributed by atoms with Crippen molar-refractivity contribution in [3.05, 3.63) is 12.7 Å². The van der Waals surface area contributed by atoms with Crippen molar-refractivity contribution in [3.63, 3.8) is 0 Å². The summed E-state index contributed by atoms with van der Waals surface area (Å²) in [6.45, 7) is 2.48. The molecule has 0 fully saturated rings. The van der Waals surface area contributed by atoms with E-state index in [1.165, 1.54) is 6.33 Å². The smallest absolute Gasteiger partial charge is 0.222 e. The highest BCUT2D eigenvalue weighted by Gasteiger charge is 2.06. The van der Waals surface area contributed by atoms with Gasteiger partial charge in [-0.1, -0.05) is 0 Å². The number of aryl methyl sites for hydroxylation is 1. The molecule has 1 rings (SSSR count). The summed E-state index contributed by atoms with van der Waals surface area (Å²) in [5.41, 5.74) is 0. The molecule has 0 saturated carbocycles. The van der Waals surface area contributed by atoms with Crippen LogP contribution in [0, 0.1) is 0 Å². The number of aliphatic hydroxyl groups is 1. The molecule has 1 unspecified atom stereocenters. The fourth-order valence-corrected chi connectivity index (χ4v) is 1.18. The van der Waals surface area contributed by atoms with Crippen molar-refractivity contribution in [1.82, 2.24) is 20.1 Å². The normalized spacial score (nSPS) is 12.4. The predicted molar refractivity (Wildman–Crippen MR) is 53.9 cm³/mol. The number of aliphatic hydroxyl groups excluding tert-OH is 1. The molecule has 1 atom stereocenters. The first-order valence-corrected chi connectivity index (χ1v) is 4.95. The fraction of sp³-hybridized carbons (Fsp3) is 0.667. The molecule has 1 aromatic heterocycles. The second kappa shape index (κ2) is 6.13. The van der Waals surface area contributed by atoms with E-state index in [2.05, 4.69) is 15.4 Å². The van der Waals surface area contributed by atoms with Crippen LogP contribution in [0.1, 0.15) is 19.8 Å². The molecule has 0 aliphatic heterocycles. The number of rotatable bonds is 6. The highest BCUT2D eigenvalue weighted by atomic mass is 16.3. The van der Waals surface area contributed by atoms with Gasteiger partial charge in [0.1, 0.15) is 12.7 Å². The van der Waals surface area contributed by atoms with Crippen LogP contribution in [0.3, 0.4) is 0 Å². The SMILES string of the molecule is CC(CCO)NC(=O)CCn1cncn1. The van der Waals surface area contributed by atoms with Gasteiger partial charge in [0.25, 0.3) is 0 Å². The topological polar surface area (TPSA) is 80.0 Å². The molecular formula is C9H16N4O2. The first-order valence-electron chi connectivity index (χ1n) is 4.95. The van der Waals surface area contributed by atoms with Crippen LogP contribution in [0.25, 0.3) is 0 Å². The summed E-state index contributed by atoms with van der Waals surface area (Å²) in [5, 5.41) is 15.3. The predicted octanol–water partition coefficient (Wildman–Crippen LogP) is -0.445. The Balaban J connectivity index is 2.19. The second-order valence-corrected chi connectivity index (χ2v) is 3.39. The van der Waals surface area contributed by atoms with Crippen molar-refractivity contribution < 1.29 is 9.90 Å². The summed E-state index contributed by atoms with van der Waals surface area (Å²) in [5.74, 6) is -0.0357. The van der Waals surface area contributed by atoms with Gasteiger partial charge in [-0.3, -0.25) is 9.48 Å². The Bertz CT molecular complexity index is 286. The van der Waals surface area contributed by atoms with E-state index in [4.69, 9.17) is 5.11 Å². The minimum Gasteiger partial charge on any atom is -0.396 e. The number of nitrogens with one attached hydrogen (secondary N) is 1. The standard InChI is InChI=1S/C9H16N4O2/c1-8(3-5-14)12-9(15)2-4-13-7-10-6-11-13/h6-8,14H,2-5H2,1H3,(H,12,15). The van der Waals surface area contributed by atoms with Crippen molar-refractivity contribution in [2.24, 2.45) is 0 Å². The lowest BCUT2D eigenvalue weighted by atomic mass is 10.2. The molecule has 0 spiro atoms. The van der Waals surface area contributed by atoms with E-state index in [0.29, 0.717) is 19.4 Å². The summed E-state index contributed by atoms with van der Waals surface area (Å²) in [4.78, 5) is 15.1. The second-order valence-electron chi connectivity index (χ2n) is 3.39. The highest BCUT2D eigenvalue weighted by molar-refractivity contribution is 5.76. The summed E-state index contributed by atoms with van der Waals surface area (Å²) in [7, 11) is 0. The molecule has 0 saturated heterocycles. The third-order valence-electron chi connectivity index (χ3n) is 2.00. The van der Waals surface area contributed by atoms with E-state index in [1.807, 2.05) is 6.92 Å². The number of carbonyl (C=O) groups excluding carboxylic acids is 1. The van der Waals surface area contributed by atoms with E-state index in [1.54, 1.807) is 11.0 Å². The maximum atomic E-state index is 11.4. The molecule has 6 heteroatoms. The summed E-state index contributed by atoms with van der Waals surface area (Å²) in [6, 6.07) is 0.0123. The maximum absolute atomic E-state index is 11.4. The Morgan fingerprint density at radius 1 is 1.67 bits per heavy atom. The van der Waals surface area contributed by atoms with Crippen LogP contribution in [-0.2, 0) is 11.3 Å². The van der Waals surface area contributed by atoms with E-state index in [-0.39, 0.29) is 18.6 Å². The zero-order valence-electron chi connectivity index (χ0n) is 8.76. The Hall–Kier alpha value is -1.43. The molecule has 0 radical (unpaired) electrons. The van der Waals surface area contributed by atoms with Gasteiger partial charge in [-0.25, -0.2) is 4.98 Å². The summed E-state index contributed by atoms with van der Waals surface area (Å²) >= 11 is 0. The van der Waals surface area contributed by atoms with Crippen LogP contribution in [0.5, 0.6) is 0 Å². The van der Waals surface area contributed by atoms with Gasteiger partial charge < -0.3 is 10.4 Å². The molecule has 1 aromatic rings. The largest absolute Gasteiger partial charge is 0.396 e. The van der Waals surface area contributed by atoms with Gasteiger partial charge in [-0.05, 0) is 13.3 Å². The average Bonchev–Trinajstić information content (AvgIpc) is 2.67. The Kier molecular flexibility index (Phi) is 4.76.